The van der Waals surface area contributed by atoms with Crippen LogP contribution in [0.15, 0.2) is 29.4 Å². The summed E-state index contributed by atoms with van der Waals surface area (Å²) in [4.78, 5) is 2.15. The highest BCUT2D eigenvalue weighted by Crippen LogP contribution is 2.18. The van der Waals surface area contributed by atoms with Crippen LogP contribution < -0.4 is 10.6 Å². The molecule has 1 rings (SSSR count). The van der Waals surface area contributed by atoms with E-state index >= 15 is 0 Å². The van der Waals surface area contributed by atoms with Crippen LogP contribution in [-0.2, 0) is 4.74 Å². The summed E-state index contributed by atoms with van der Waals surface area (Å²) < 4.78 is 5.40. The summed E-state index contributed by atoms with van der Waals surface area (Å²) in [5.74, 6) is 0.120. The molecule has 0 bridgehead atoms. The molecule has 0 saturated heterocycles. The monoisotopic (exact) mass is 265 g/mol. The maximum atomic E-state index is 8.61. The van der Waals surface area contributed by atoms with Crippen molar-refractivity contribution >= 4 is 11.5 Å². The fraction of sp³-hybridized carbons (Fsp3) is 0.500. The SMILES string of the molecule is COC(C)(C)CCN(C)c1ccc(/C(N)=N/O)cc1. The second kappa shape index (κ2) is 6.43. The minimum absolute atomic E-state index is 0.120. The van der Waals surface area contributed by atoms with E-state index < -0.39 is 0 Å². The van der Waals surface area contributed by atoms with Crippen LogP contribution in [-0.4, -0.2) is 37.3 Å². The van der Waals surface area contributed by atoms with Crippen LogP contribution in [0.1, 0.15) is 25.8 Å². The minimum Gasteiger partial charge on any atom is -0.409 e. The molecule has 0 atom stereocenters. The van der Waals surface area contributed by atoms with Crippen molar-refractivity contribution in [3.63, 3.8) is 0 Å². The molecule has 106 valence electrons. The Labute approximate surface area is 114 Å². The van der Waals surface area contributed by atoms with Crippen LogP contribution in [0.5, 0.6) is 0 Å². The zero-order chi connectivity index (χ0) is 14.5. The van der Waals surface area contributed by atoms with Crippen LogP contribution in [0, 0.1) is 0 Å². The number of nitrogens with two attached hydrogens (primary N) is 1. The number of rotatable bonds is 6. The summed E-state index contributed by atoms with van der Waals surface area (Å²) in [6.45, 7) is 5.04. The van der Waals surface area contributed by atoms with Gasteiger partial charge in [0.15, 0.2) is 5.84 Å². The van der Waals surface area contributed by atoms with E-state index in [-0.39, 0.29) is 11.4 Å². The first-order valence-corrected chi connectivity index (χ1v) is 6.24. The van der Waals surface area contributed by atoms with Crippen LogP contribution in [0.4, 0.5) is 5.69 Å². The fourth-order valence-corrected chi connectivity index (χ4v) is 1.61. The molecule has 0 aliphatic rings. The zero-order valence-electron chi connectivity index (χ0n) is 12.1. The van der Waals surface area contributed by atoms with Gasteiger partial charge in [0, 0.05) is 32.0 Å². The first-order chi connectivity index (χ1) is 8.89. The molecule has 1 aromatic rings. The molecule has 0 amide bonds. The molecule has 5 heteroatoms. The Morgan fingerprint density at radius 3 is 2.42 bits per heavy atom. The summed E-state index contributed by atoms with van der Waals surface area (Å²) >= 11 is 0. The van der Waals surface area contributed by atoms with Gasteiger partial charge in [0.25, 0.3) is 0 Å². The summed E-state index contributed by atoms with van der Waals surface area (Å²) in [6.07, 6.45) is 0.933. The highest BCUT2D eigenvalue weighted by atomic mass is 16.5. The molecule has 0 unspecified atom stereocenters. The highest BCUT2D eigenvalue weighted by Gasteiger charge is 2.16. The van der Waals surface area contributed by atoms with Crippen molar-refractivity contribution < 1.29 is 9.94 Å². The van der Waals surface area contributed by atoms with Gasteiger partial charge in [0.05, 0.1) is 5.60 Å². The van der Waals surface area contributed by atoms with Crippen molar-refractivity contribution in [2.75, 3.05) is 25.6 Å². The van der Waals surface area contributed by atoms with Crippen molar-refractivity contribution in [1.29, 1.82) is 0 Å². The van der Waals surface area contributed by atoms with Gasteiger partial charge in [0.1, 0.15) is 0 Å². The Bertz CT molecular complexity index is 427. The van der Waals surface area contributed by atoms with Crippen molar-refractivity contribution in [2.45, 2.75) is 25.9 Å². The molecule has 3 N–H and O–H groups in total. The largest absolute Gasteiger partial charge is 0.409 e. The number of anilines is 1. The maximum Gasteiger partial charge on any atom is 0.170 e. The molecule has 0 saturated carbocycles. The zero-order valence-corrected chi connectivity index (χ0v) is 12.1. The molecule has 0 radical (unpaired) electrons. The third-order valence-electron chi connectivity index (χ3n) is 3.31. The molecule has 0 spiro atoms. The lowest BCUT2D eigenvalue weighted by molar-refractivity contribution is 0.0174. The number of hydrogen-bond donors (Lipinski definition) is 2. The molecule has 0 fully saturated rings. The molecular formula is C14H23N3O2. The van der Waals surface area contributed by atoms with Gasteiger partial charge in [-0.2, -0.15) is 0 Å². The van der Waals surface area contributed by atoms with Crippen molar-refractivity contribution in [3.8, 4) is 0 Å². The number of methoxy groups -OCH3 is 1. The number of amidine groups is 1. The van der Waals surface area contributed by atoms with Crippen molar-refractivity contribution in [3.05, 3.63) is 29.8 Å². The van der Waals surface area contributed by atoms with E-state index in [1.807, 2.05) is 31.3 Å². The quantitative estimate of drug-likeness (QED) is 0.357. The lowest BCUT2D eigenvalue weighted by atomic mass is 10.0. The first-order valence-electron chi connectivity index (χ1n) is 6.24. The normalized spacial score (nSPS) is 12.5. The van der Waals surface area contributed by atoms with Crippen LogP contribution >= 0.6 is 0 Å². The maximum absolute atomic E-state index is 8.61. The molecule has 0 aliphatic carbocycles. The Kier molecular flexibility index (Phi) is 5.18. The molecule has 5 nitrogen and oxygen atoms in total. The number of benzene rings is 1. The smallest absolute Gasteiger partial charge is 0.170 e. The van der Waals surface area contributed by atoms with Crippen LogP contribution in [0.3, 0.4) is 0 Å². The topological polar surface area (TPSA) is 71.1 Å². The standard InChI is InChI=1S/C14H23N3O2/c1-14(2,19-4)9-10-17(3)12-7-5-11(6-8-12)13(15)16-18/h5-8,18H,9-10H2,1-4H3,(H2,15,16). The van der Waals surface area contributed by atoms with Gasteiger partial charge in [-0.15, -0.1) is 0 Å². The second-order valence-electron chi connectivity index (χ2n) is 5.17. The van der Waals surface area contributed by atoms with Crippen molar-refractivity contribution in [1.82, 2.24) is 0 Å². The van der Waals surface area contributed by atoms with E-state index in [9.17, 15) is 0 Å². The Morgan fingerprint density at radius 2 is 1.95 bits per heavy atom. The lowest BCUT2D eigenvalue weighted by Crippen LogP contribution is -2.30. The first kappa shape index (κ1) is 15.3. The summed E-state index contributed by atoms with van der Waals surface area (Å²) in [5, 5.41) is 11.6. The molecular weight excluding hydrogens is 242 g/mol. The predicted molar refractivity (Wildman–Crippen MR) is 77.9 cm³/mol. The number of nitrogens with zero attached hydrogens (tertiary/aromatic N) is 2. The second-order valence-corrected chi connectivity index (χ2v) is 5.17. The average Bonchev–Trinajstić information content (AvgIpc) is 2.44. The Morgan fingerprint density at radius 1 is 1.37 bits per heavy atom. The lowest BCUT2D eigenvalue weighted by Gasteiger charge is -2.27. The van der Waals surface area contributed by atoms with Gasteiger partial charge in [-0.1, -0.05) is 5.16 Å². The number of ether oxygens (including phenoxy) is 1. The minimum atomic E-state index is -0.123. The summed E-state index contributed by atoms with van der Waals surface area (Å²) in [5.41, 5.74) is 7.19. The molecule has 0 aliphatic heterocycles. The fourth-order valence-electron chi connectivity index (χ4n) is 1.61. The van der Waals surface area contributed by atoms with Gasteiger partial charge in [-0.3, -0.25) is 0 Å². The van der Waals surface area contributed by atoms with E-state index in [1.165, 1.54) is 0 Å². The predicted octanol–water partition coefficient (Wildman–Crippen LogP) is 2.03. The molecule has 0 heterocycles. The summed E-state index contributed by atoms with van der Waals surface area (Å²) in [6, 6.07) is 7.57. The van der Waals surface area contributed by atoms with Crippen LogP contribution in [0.2, 0.25) is 0 Å². The van der Waals surface area contributed by atoms with Gasteiger partial charge in [-0.25, -0.2) is 0 Å². The average molecular weight is 265 g/mol. The van der Waals surface area contributed by atoms with Gasteiger partial charge in [-0.05, 0) is 44.5 Å². The van der Waals surface area contributed by atoms with Gasteiger partial charge in [0.2, 0.25) is 0 Å². The van der Waals surface area contributed by atoms with E-state index in [0.29, 0.717) is 5.56 Å². The third-order valence-corrected chi connectivity index (χ3v) is 3.31. The van der Waals surface area contributed by atoms with Crippen LogP contribution in [0.25, 0.3) is 0 Å². The Hall–Kier alpha value is -1.75. The highest BCUT2D eigenvalue weighted by molar-refractivity contribution is 5.97. The van der Waals surface area contributed by atoms with E-state index in [1.54, 1.807) is 7.11 Å². The number of hydrogen-bond acceptors (Lipinski definition) is 4. The molecule has 0 aromatic heterocycles. The summed E-state index contributed by atoms with van der Waals surface area (Å²) in [7, 11) is 3.76. The van der Waals surface area contributed by atoms with Gasteiger partial charge < -0.3 is 20.6 Å². The van der Waals surface area contributed by atoms with Gasteiger partial charge >= 0.3 is 0 Å². The van der Waals surface area contributed by atoms with E-state index in [0.717, 1.165) is 18.7 Å². The van der Waals surface area contributed by atoms with E-state index in [2.05, 4.69) is 23.9 Å². The third kappa shape index (κ3) is 4.44. The molecule has 1 aromatic carbocycles. The molecule has 19 heavy (non-hydrogen) atoms. The van der Waals surface area contributed by atoms with E-state index in [4.69, 9.17) is 15.7 Å². The van der Waals surface area contributed by atoms with Crippen molar-refractivity contribution in [2.24, 2.45) is 10.9 Å². The Balaban J connectivity index is 2.66. The number of oxime groups is 1.